The molecular weight excluding hydrogens is 321 g/mol. The molecule has 0 aliphatic heterocycles. The first-order valence-electron chi connectivity index (χ1n) is 7.54. The van der Waals surface area contributed by atoms with E-state index in [1.54, 1.807) is 0 Å². The molecule has 0 spiro atoms. The Hall–Kier alpha value is -0.0831. The summed E-state index contributed by atoms with van der Waals surface area (Å²) >= 11 is 0. The maximum atomic E-state index is 12.3. The van der Waals surface area contributed by atoms with Gasteiger partial charge in [-0.15, -0.1) is 0 Å². The van der Waals surface area contributed by atoms with Crippen LogP contribution in [0, 0.1) is 0 Å². The van der Waals surface area contributed by atoms with Crippen molar-refractivity contribution < 1.29 is 25.5 Å². The largest absolute Gasteiger partial charge is 0.522 e. The van der Waals surface area contributed by atoms with Gasteiger partial charge in [-0.25, -0.2) is 0 Å². The zero-order valence-corrected chi connectivity index (χ0v) is 14.9. The van der Waals surface area contributed by atoms with Gasteiger partial charge in [-0.2, -0.15) is 21.6 Å². The average molecular weight is 349 g/mol. The van der Waals surface area contributed by atoms with Crippen molar-refractivity contribution in [1.29, 1.82) is 0 Å². The summed E-state index contributed by atoms with van der Waals surface area (Å²) in [6.45, 7) is 5.18. The quantitative estimate of drug-likeness (QED) is 0.293. The number of alkyl halides is 3. The third kappa shape index (κ3) is 9.52. The molecule has 3 nitrogen and oxygen atoms in total. The van der Waals surface area contributed by atoms with Crippen LogP contribution < -0.4 is 0 Å². The molecule has 0 saturated carbocycles. The van der Waals surface area contributed by atoms with Gasteiger partial charge >= 0.3 is 15.6 Å². The third-order valence-corrected chi connectivity index (χ3v) is 8.06. The summed E-state index contributed by atoms with van der Waals surface area (Å²) in [5, 5.41) is 0. The number of hydrogen-bond donors (Lipinski definition) is 0. The molecule has 0 saturated heterocycles. The first-order valence-corrected chi connectivity index (χ1v) is 12.1. The van der Waals surface area contributed by atoms with E-state index in [-0.39, 0.29) is 0 Å². The van der Waals surface area contributed by atoms with Crippen molar-refractivity contribution in [3.8, 4) is 0 Å². The molecule has 0 heterocycles. The molecular formula is C13H27F3O3SSi. The first kappa shape index (κ1) is 20.9. The number of unbranched alkanes of at least 4 members (excludes halogenated alkanes) is 7. The molecule has 0 aliphatic rings. The Morgan fingerprint density at radius 2 is 1.33 bits per heavy atom. The van der Waals surface area contributed by atoms with Crippen molar-refractivity contribution in [3.05, 3.63) is 0 Å². The molecule has 0 amide bonds. The van der Waals surface area contributed by atoms with Crippen LogP contribution in [-0.4, -0.2) is 22.2 Å². The fourth-order valence-electron chi connectivity index (χ4n) is 2.07. The van der Waals surface area contributed by atoms with Crippen molar-refractivity contribution in [2.75, 3.05) is 0 Å². The molecule has 8 heteroatoms. The van der Waals surface area contributed by atoms with Crippen LogP contribution in [0.2, 0.25) is 19.1 Å². The van der Waals surface area contributed by atoms with Gasteiger partial charge in [0.1, 0.15) is 0 Å². The molecule has 128 valence electrons. The van der Waals surface area contributed by atoms with Crippen molar-refractivity contribution in [3.63, 3.8) is 0 Å². The van der Waals surface area contributed by atoms with Gasteiger partial charge in [-0.1, -0.05) is 58.3 Å². The SMILES string of the molecule is CCCCCCCCCC[Si](C)(C)OS(=O)(=O)C(F)(F)F. The Morgan fingerprint density at radius 3 is 1.76 bits per heavy atom. The zero-order chi connectivity index (χ0) is 16.6. The van der Waals surface area contributed by atoms with Crippen LogP contribution in [0.3, 0.4) is 0 Å². The fraction of sp³-hybridized carbons (Fsp3) is 1.00. The summed E-state index contributed by atoms with van der Waals surface area (Å²) in [5.74, 6) is 0. The van der Waals surface area contributed by atoms with Gasteiger partial charge in [0.2, 0.25) is 8.32 Å². The molecule has 0 fully saturated rings. The summed E-state index contributed by atoms with van der Waals surface area (Å²) < 4.78 is 63.2. The predicted octanol–water partition coefficient (Wildman–Crippen LogP) is 5.20. The lowest BCUT2D eigenvalue weighted by Crippen LogP contribution is -2.38. The number of hydrogen-bond acceptors (Lipinski definition) is 3. The fourth-order valence-corrected chi connectivity index (χ4v) is 6.26. The summed E-state index contributed by atoms with van der Waals surface area (Å²) in [6.07, 6.45) is 8.66. The summed E-state index contributed by atoms with van der Waals surface area (Å²) in [7, 11) is -8.29. The monoisotopic (exact) mass is 348 g/mol. The van der Waals surface area contributed by atoms with Crippen LogP contribution in [-0.2, 0) is 14.0 Å². The molecule has 0 rings (SSSR count). The minimum Gasteiger partial charge on any atom is -0.308 e. The van der Waals surface area contributed by atoms with Gasteiger partial charge in [0.05, 0.1) is 0 Å². The van der Waals surface area contributed by atoms with Gasteiger partial charge in [-0.05, 0) is 19.1 Å². The van der Waals surface area contributed by atoms with Crippen LogP contribution in [0.15, 0.2) is 0 Å². The highest BCUT2D eigenvalue weighted by molar-refractivity contribution is 7.88. The van der Waals surface area contributed by atoms with E-state index in [9.17, 15) is 21.6 Å². The lowest BCUT2D eigenvalue weighted by Gasteiger charge is -2.22. The maximum Gasteiger partial charge on any atom is 0.522 e. The smallest absolute Gasteiger partial charge is 0.308 e. The Kier molecular flexibility index (Phi) is 9.11. The van der Waals surface area contributed by atoms with E-state index >= 15 is 0 Å². The van der Waals surface area contributed by atoms with Crippen LogP contribution in [0.5, 0.6) is 0 Å². The molecule has 0 aromatic carbocycles. The number of halogens is 3. The molecule has 0 aromatic rings. The standard InChI is InChI=1S/C13H27F3O3SSi/c1-4-5-6-7-8-9-10-11-12-21(2,3)19-20(17,18)13(14,15)16/h4-12H2,1-3H3. The summed E-state index contributed by atoms with van der Waals surface area (Å²) in [6, 6.07) is 0.428. The van der Waals surface area contributed by atoms with E-state index in [0.29, 0.717) is 6.04 Å². The predicted molar refractivity (Wildman–Crippen MR) is 81.0 cm³/mol. The third-order valence-electron chi connectivity index (χ3n) is 3.25. The summed E-state index contributed by atoms with van der Waals surface area (Å²) in [5.41, 5.74) is -5.32. The van der Waals surface area contributed by atoms with E-state index in [2.05, 4.69) is 10.8 Å². The van der Waals surface area contributed by atoms with Gasteiger partial charge < -0.3 is 3.87 Å². The van der Waals surface area contributed by atoms with Gasteiger partial charge in [0, 0.05) is 0 Å². The van der Waals surface area contributed by atoms with E-state index in [4.69, 9.17) is 0 Å². The van der Waals surface area contributed by atoms with Crippen molar-refractivity contribution in [2.24, 2.45) is 0 Å². The first-order chi connectivity index (χ1) is 9.52. The molecule has 0 aliphatic carbocycles. The Morgan fingerprint density at radius 1 is 0.905 bits per heavy atom. The van der Waals surface area contributed by atoms with Gasteiger partial charge in [-0.3, -0.25) is 0 Å². The van der Waals surface area contributed by atoms with Crippen LogP contribution >= 0.6 is 0 Å². The van der Waals surface area contributed by atoms with E-state index in [1.165, 1.54) is 38.8 Å². The van der Waals surface area contributed by atoms with Crippen LogP contribution in [0.25, 0.3) is 0 Å². The highest BCUT2D eigenvalue weighted by Gasteiger charge is 2.50. The van der Waals surface area contributed by atoms with Crippen LogP contribution in [0.4, 0.5) is 13.2 Å². The average Bonchev–Trinajstić information content (AvgIpc) is 2.29. The topological polar surface area (TPSA) is 43.4 Å². The molecule has 0 atom stereocenters. The Bertz CT molecular complexity index is 381. The number of rotatable bonds is 11. The van der Waals surface area contributed by atoms with E-state index < -0.39 is 23.9 Å². The Labute approximate surface area is 127 Å². The molecule has 21 heavy (non-hydrogen) atoms. The van der Waals surface area contributed by atoms with Gasteiger partial charge in [0.15, 0.2) is 0 Å². The second kappa shape index (κ2) is 9.15. The normalized spacial score (nSPS) is 13.6. The minimum absolute atomic E-state index is 0.428. The van der Waals surface area contributed by atoms with Crippen molar-refractivity contribution in [1.82, 2.24) is 0 Å². The zero-order valence-electron chi connectivity index (χ0n) is 13.1. The van der Waals surface area contributed by atoms with Crippen molar-refractivity contribution >= 4 is 18.4 Å². The lowest BCUT2D eigenvalue weighted by atomic mass is 10.1. The maximum absolute atomic E-state index is 12.3. The van der Waals surface area contributed by atoms with Gasteiger partial charge in [0.25, 0.3) is 0 Å². The lowest BCUT2D eigenvalue weighted by molar-refractivity contribution is -0.0503. The van der Waals surface area contributed by atoms with E-state index in [0.717, 1.165) is 25.7 Å². The highest BCUT2D eigenvalue weighted by atomic mass is 32.2. The summed E-state index contributed by atoms with van der Waals surface area (Å²) in [4.78, 5) is 0. The second-order valence-electron chi connectivity index (χ2n) is 5.97. The second-order valence-corrected chi connectivity index (χ2v) is 12.0. The minimum atomic E-state index is -5.45. The van der Waals surface area contributed by atoms with E-state index in [1.807, 2.05) is 0 Å². The van der Waals surface area contributed by atoms with Crippen LogP contribution in [0.1, 0.15) is 58.3 Å². The molecule has 0 N–H and O–H groups in total. The van der Waals surface area contributed by atoms with Crippen molar-refractivity contribution in [2.45, 2.75) is 82.9 Å². The molecule has 0 aromatic heterocycles. The molecule has 0 radical (unpaired) electrons. The highest BCUT2D eigenvalue weighted by Crippen LogP contribution is 2.29. The Balaban J connectivity index is 3.94. The molecule has 0 unspecified atom stereocenters. The molecule has 0 bridgehead atoms.